The van der Waals surface area contributed by atoms with Crippen molar-refractivity contribution in [1.82, 2.24) is 9.80 Å². The highest BCUT2D eigenvalue weighted by atomic mass is 16.6. The predicted octanol–water partition coefficient (Wildman–Crippen LogP) is 0.571. The summed E-state index contributed by atoms with van der Waals surface area (Å²) in [6.07, 6.45) is -0.138. The summed E-state index contributed by atoms with van der Waals surface area (Å²) in [6, 6.07) is 8.85. The SMILES string of the molecule is CC(CN(CC=O)C(=O)OCc1ccccc1)Nc1cc(N(C)C)c2c(c1O)C(=O)C1C(=O)[C@]3(O)C(=O)C(C(N)=O)C(=O)[C@@H](N(C)C)[C@@H]3C[C@@H]1C2. The second kappa shape index (κ2) is 14.2. The van der Waals surface area contributed by atoms with E-state index in [2.05, 4.69) is 5.32 Å². The van der Waals surface area contributed by atoms with E-state index in [9.17, 15) is 43.8 Å². The molecular weight excluding hydrogens is 662 g/mol. The van der Waals surface area contributed by atoms with Crippen LogP contribution in [0.1, 0.15) is 34.8 Å². The molecular formula is C36H43N5O10. The summed E-state index contributed by atoms with van der Waals surface area (Å²) in [5.74, 6) is -11.5. The number of nitrogens with zero attached hydrogens (tertiary/aromatic N) is 3. The highest BCUT2D eigenvalue weighted by Crippen LogP contribution is 2.52. The zero-order chi connectivity index (χ0) is 37.5. The third-order valence-corrected chi connectivity index (χ3v) is 10.2. The summed E-state index contributed by atoms with van der Waals surface area (Å²) in [4.78, 5) is 96.4. The van der Waals surface area contributed by atoms with Gasteiger partial charge in [-0.2, -0.15) is 0 Å². The van der Waals surface area contributed by atoms with Crippen molar-refractivity contribution >= 4 is 52.8 Å². The van der Waals surface area contributed by atoms with Gasteiger partial charge < -0.3 is 35.7 Å². The number of aliphatic hydroxyl groups is 1. The highest BCUT2D eigenvalue weighted by Gasteiger charge is 2.69. The van der Waals surface area contributed by atoms with Crippen molar-refractivity contribution in [3.63, 3.8) is 0 Å². The van der Waals surface area contributed by atoms with Crippen LogP contribution in [0.5, 0.6) is 5.75 Å². The molecule has 0 aromatic heterocycles. The van der Waals surface area contributed by atoms with Gasteiger partial charge in [-0.1, -0.05) is 30.3 Å². The number of likely N-dealkylation sites (N-methyl/N-ethyl adjacent to an activating group) is 1. The molecule has 7 atom stereocenters. The third-order valence-electron chi connectivity index (χ3n) is 10.2. The molecule has 0 heterocycles. The molecule has 15 nitrogen and oxygen atoms in total. The molecule has 3 aliphatic rings. The molecule has 2 aromatic carbocycles. The Kier molecular flexibility index (Phi) is 10.4. The molecule has 3 aliphatic carbocycles. The number of aromatic hydroxyl groups is 1. The number of hydrogen-bond donors (Lipinski definition) is 4. The maximum absolute atomic E-state index is 14.3. The van der Waals surface area contributed by atoms with Gasteiger partial charge >= 0.3 is 6.09 Å². The Hall–Kier alpha value is -5.15. The first-order valence-electron chi connectivity index (χ1n) is 16.6. The minimum Gasteiger partial charge on any atom is -0.505 e. The number of hydrogen-bond acceptors (Lipinski definition) is 13. The Morgan fingerprint density at radius 1 is 1.10 bits per heavy atom. The van der Waals surface area contributed by atoms with Crippen LogP contribution in [0.3, 0.4) is 0 Å². The second-order valence-corrected chi connectivity index (χ2v) is 14.0. The number of rotatable bonds is 11. The third kappa shape index (κ3) is 6.47. The molecule has 15 heteroatoms. The summed E-state index contributed by atoms with van der Waals surface area (Å²) in [7, 11) is 6.52. The number of phenols is 1. The average Bonchev–Trinajstić information content (AvgIpc) is 3.06. The van der Waals surface area contributed by atoms with Gasteiger partial charge in [0.1, 0.15) is 18.6 Å². The number of ether oxygens (including phenoxy) is 1. The standard InChI is InChI=1S/C36H43N5O10/c1-18(16-41(11-12-42)35(49)51-17-19-9-7-6-8-10-19)38-23-15-24(39(2)3)21-13-20-14-22-28(40(4)5)31(45)27(34(37)48)33(47)36(22,50)32(46)25(20)30(44)26(21)29(23)43/h6-10,12,15,18,20,22,25,27-28,38,43,50H,11,13-14,16-17H2,1-5H3,(H2,37,48)/t18?,20-,22-,25?,27?,28-,36-/m0/s1. The van der Waals surface area contributed by atoms with Gasteiger partial charge in [0, 0.05) is 38.3 Å². The van der Waals surface area contributed by atoms with Gasteiger partial charge in [0.15, 0.2) is 34.7 Å². The maximum Gasteiger partial charge on any atom is 0.410 e. The van der Waals surface area contributed by atoms with Gasteiger partial charge in [-0.15, -0.1) is 0 Å². The summed E-state index contributed by atoms with van der Waals surface area (Å²) in [6.45, 7) is 1.40. The van der Waals surface area contributed by atoms with Crippen LogP contribution in [0.2, 0.25) is 0 Å². The first-order valence-corrected chi connectivity index (χ1v) is 16.6. The van der Waals surface area contributed by atoms with E-state index in [1.165, 1.54) is 23.9 Å². The molecule has 272 valence electrons. The smallest absolute Gasteiger partial charge is 0.410 e. The number of Topliss-reactive ketones (excluding diaryl/α,β-unsaturated/α-hetero) is 4. The zero-order valence-electron chi connectivity index (χ0n) is 29.1. The van der Waals surface area contributed by atoms with Gasteiger partial charge in [0.25, 0.3) is 0 Å². The normalized spacial score (nSPS) is 26.1. The lowest BCUT2D eigenvalue weighted by atomic mass is 9.52. The quantitative estimate of drug-likeness (QED) is 0.143. The molecule has 3 unspecified atom stereocenters. The number of ketones is 4. The van der Waals surface area contributed by atoms with Crippen LogP contribution in [-0.2, 0) is 41.7 Å². The van der Waals surface area contributed by atoms with E-state index >= 15 is 0 Å². The summed E-state index contributed by atoms with van der Waals surface area (Å²) in [5.41, 5.74) is 4.24. The van der Waals surface area contributed by atoms with Crippen molar-refractivity contribution in [2.45, 2.75) is 44.1 Å². The van der Waals surface area contributed by atoms with Crippen molar-refractivity contribution < 1.29 is 48.5 Å². The molecule has 51 heavy (non-hydrogen) atoms. The Balaban J connectivity index is 1.46. The molecule has 0 radical (unpaired) electrons. The fourth-order valence-electron chi connectivity index (χ4n) is 7.93. The molecule has 0 saturated heterocycles. The first-order chi connectivity index (χ1) is 24.0. The molecule has 2 amide bonds. The Morgan fingerprint density at radius 3 is 2.35 bits per heavy atom. The number of aldehydes is 1. The molecule has 2 fully saturated rings. The Bertz CT molecular complexity index is 1780. The number of benzene rings is 2. The number of nitrogens with two attached hydrogens (primary N) is 1. The number of carbonyl (C=O) groups excluding carboxylic acids is 7. The van der Waals surface area contributed by atoms with E-state index in [4.69, 9.17) is 10.5 Å². The van der Waals surface area contributed by atoms with Crippen LogP contribution < -0.4 is 16.0 Å². The maximum atomic E-state index is 14.3. The second-order valence-electron chi connectivity index (χ2n) is 14.0. The van der Waals surface area contributed by atoms with E-state index in [1.807, 2.05) is 6.07 Å². The number of carbonyl (C=O) groups is 7. The highest BCUT2D eigenvalue weighted by molar-refractivity contribution is 6.32. The zero-order valence-corrected chi connectivity index (χ0v) is 29.1. The molecule has 5 rings (SSSR count). The number of fused-ring (bicyclic) bond motifs is 3. The topological polar surface area (TPSA) is 217 Å². The van der Waals surface area contributed by atoms with Crippen molar-refractivity contribution in [1.29, 1.82) is 0 Å². The average molecular weight is 706 g/mol. The van der Waals surface area contributed by atoms with Crippen LogP contribution in [0.4, 0.5) is 16.2 Å². The van der Waals surface area contributed by atoms with E-state index < -0.39 is 82.2 Å². The molecule has 5 N–H and O–H groups in total. The minimum absolute atomic E-state index is 0.00555. The Morgan fingerprint density at radius 2 is 1.76 bits per heavy atom. The fraction of sp³-hybridized carbons (Fsp3) is 0.472. The predicted molar refractivity (Wildman–Crippen MR) is 183 cm³/mol. The lowest BCUT2D eigenvalue weighted by Gasteiger charge is -2.52. The van der Waals surface area contributed by atoms with E-state index in [1.54, 1.807) is 56.3 Å². The van der Waals surface area contributed by atoms with Crippen molar-refractivity contribution in [3.05, 3.63) is 53.1 Å². The van der Waals surface area contributed by atoms with Crippen LogP contribution in [0, 0.1) is 23.7 Å². The number of anilines is 2. The summed E-state index contributed by atoms with van der Waals surface area (Å²) in [5, 5.41) is 26.6. The molecule has 0 spiro atoms. The number of phenolic OH excluding ortho intramolecular Hbond substituents is 1. The number of nitrogens with one attached hydrogen (secondary N) is 1. The van der Waals surface area contributed by atoms with Crippen LogP contribution in [0.15, 0.2) is 36.4 Å². The van der Waals surface area contributed by atoms with Gasteiger partial charge in [0.05, 0.1) is 29.8 Å². The molecule has 0 aliphatic heterocycles. The number of primary amides is 1. The van der Waals surface area contributed by atoms with Crippen molar-refractivity contribution in [2.75, 3.05) is 51.5 Å². The van der Waals surface area contributed by atoms with Crippen molar-refractivity contribution in [3.8, 4) is 5.75 Å². The summed E-state index contributed by atoms with van der Waals surface area (Å²) >= 11 is 0. The van der Waals surface area contributed by atoms with Crippen LogP contribution >= 0.6 is 0 Å². The van der Waals surface area contributed by atoms with Crippen LogP contribution in [0.25, 0.3) is 0 Å². The number of amides is 2. The summed E-state index contributed by atoms with van der Waals surface area (Å²) < 4.78 is 5.39. The first kappa shape index (κ1) is 37.1. The van der Waals surface area contributed by atoms with E-state index in [0.29, 0.717) is 17.5 Å². The van der Waals surface area contributed by atoms with E-state index in [-0.39, 0.29) is 43.8 Å². The Labute approximate surface area is 294 Å². The van der Waals surface area contributed by atoms with Gasteiger partial charge in [0.2, 0.25) is 5.91 Å². The lowest BCUT2D eigenvalue weighted by Crippen LogP contribution is -2.74. The van der Waals surface area contributed by atoms with E-state index in [0.717, 1.165) is 5.56 Å². The fourth-order valence-corrected chi connectivity index (χ4v) is 7.93. The van der Waals surface area contributed by atoms with Gasteiger partial charge in [-0.25, -0.2) is 4.79 Å². The lowest BCUT2D eigenvalue weighted by molar-refractivity contribution is -0.181. The monoisotopic (exact) mass is 705 g/mol. The van der Waals surface area contributed by atoms with Gasteiger partial charge in [-0.3, -0.25) is 33.8 Å². The minimum atomic E-state index is -2.83. The largest absolute Gasteiger partial charge is 0.505 e. The molecule has 2 saturated carbocycles. The molecule has 0 bridgehead atoms. The van der Waals surface area contributed by atoms with Gasteiger partial charge in [-0.05, 0) is 57.0 Å². The molecule has 2 aromatic rings. The van der Waals surface area contributed by atoms with Crippen LogP contribution in [-0.4, -0.2) is 120 Å². The van der Waals surface area contributed by atoms with Crippen molar-refractivity contribution in [2.24, 2.45) is 29.4 Å².